The molecule has 0 fully saturated rings. The lowest BCUT2D eigenvalue weighted by molar-refractivity contribution is 0.0378. The molecule has 0 bridgehead atoms. The Morgan fingerprint density at radius 2 is 1.56 bits per heavy atom. The van der Waals surface area contributed by atoms with Crippen LogP contribution in [0.2, 0.25) is 0 Å². The molecule has 0 aliphatic heterocycles. The van der Waals surface area contributed by atoms with Crippen molar-refractivity contribution in [2.45, 2.75) is 20.0 Å². The first kappa shape index (κ1) is 14.0. The number of benzene rings is 1. The quantitative estimate of drug-likeness (QED) is 0.740. The summed E-state index contributed by atoms with van der Waals surface area (Å²) in [5.41, 5.74) is 9.10. The fourth-order valence-corrected chi connectivity index (χ4v) is 0.856. The van der Waals surface area contributed by atoms with Crippen LogP contribution in [0.4, 0.5) is 4.79 Å². The first-order valence-corrected chi connectivity index (χ1v) is 4.74. The summed E-state index contributed by atoms with van der Waals surface area (Å²) >= 11 is 0. The number of nitrogens with two attached hydrogens (primary N) is 2. The zero-order valence-corrected chi connectivity index (χ0v) is 9.34. The van der Waals surface area contributed by atoms with Gasteiger partial charge in [-0.1, -0.05) is 18.2 Å². The minimum Gasteiger partial charge on any atom is -0.459 e. The number of carbonyl (C=O) groups is 2. The number of hydrogen-bond acceptors (Lipinski definition) is 3. The molecule has 1 aromatic rings. The fraction of sp³-hybridized carbons (Fsp3) is 0.273. The molecule has 0 unspecified atom stereocenters. The molecule has 0 atom stereocenters. The van der Waals surface area contributed by atoms with E-state index in [9.17, 15) is 4.79 Å². The molecule has 5 heteroatoms. The van der Waals surface area contributed by atoms with Crippen molar-refractivity contribution in [3.63, 3.8) is 0 Å². The SMILES string of the molecule is CC(C)OC(=O)c1ccccc1.NC(N)=O. The van der Waals surface area contributed by atoms with Crippen molar-refractivity contribution in [2.75, 3.05) is 0 Å². The van der Waals surface area contributed by atoms with Gasteiger partial charge in [0, 0.05) is 0 Å². The van der Waals surface area contributed by atoms with Gasteiger partial charge in [-0.15, -0.1) is 0 Å². The van der Waals surface area contributed by atoms with Crippen LogP contribution in [0.3, 0.4) is 0 Å². The van der Waals surface area contributed by atoms with Crippen molar-refractivity contribution in [3.8, 4) is 0 Å². The molecule has 1 rings (SSSR count). The van der Waals surface area contributed by atoms with Crippen LogP contribution in [-0.2, 0) is 4.74 Å². The van der Waals surface area contributed by atoms with E-state index < -0.39 is 6.03 Å². The molecule has 88 valence electrons. The summed E-state index contributed by atoms with van der Waals surface area (Å²) in [4.78, 5) is 20.2. The van der Waals surface area contributed by atoms with E-state index in [2.05, 4.69) is 11.5 Å². The van der Waals surface area contributed by atoms with Crippen LogP contribution >= 0.6 is 0 Å². The van der Waals surface area contributed by atoms with E-state index in [1.54, 1.807) is 12.1 Å². The summed E-state index contributed by atoms with van der Waals surface area (Å²) in [6.07, 6.45) is -0.0577. The molecule has 0 saturated carbocycles. The normalized spacial score (nSPS) is 8.94. The molecular formula is C11H16N2O3. The van der Waals surface area contributed by atoms with Crippen LogP contribution in [0.5, 0.6) is 0 Å². The second-order valence-electron chi connectivity index (χ2n) is 3.22. The summed E-state index contributed by atoms with van der Waals surface area (Å²) in [6.45, 7) is 3.67. The Hall–Kier alpha value is -2.04. The lowest BCUT2D eigenvalue weighted by Crippen LogP contribution is -2.18. The van der Waals surface area contributed by atoms with Crippen LogP contribution in [0.15, 0.2) is 30.3 Å². The number of amides is 2. The molecule has 0 spiro atoms. The maximum atomic E-state index is 11.2. The Bertz CT molecular complexity index is 332. The third-order valence-electron chi connectivity index (χ3n) is 1.35. The molecule has 16 heavy (non-hydrogen) atoms. The maximum absolute atomic E-state index is 11.2. The highest BCUT2D eigenvalue weighted by molar-refractivity contribution is 5.89. The predicted octanol–water partition coefficient (Wildman–Crippen LogP) is 1.28. The molecule has 4 N–H and O–H groups in total. The van der Waals surface area contributed by atoms with Crippen molar-refractivity contribution in [2.24, 2.45) is 11.5 Å². The monoisotopic (exact) mass is 224 g/mol. The highest BCUT2D eigenvalue weighted by atomic mass is 16.5. The second kappa shape index (κ2) is 7.28. The highest BCUT2D eigenvalue weighted by Crippen LogP contribution is 2.02. The zero-order valence-electron chi connectivity index (χ0n) is 9.34. The van der Waals surface area contributed by atoms with E-state index in [4.69, 9.17) is 9.53 Å². The molecular weight excluding hydrogens is 208 g/mol. The van der Waals surface area contributed by atoms with Gasteiger partial charge < -0.3 is 16.2 Å². The van der Waals surface area contributed by atoms with Gasteiger partial charge in [0.1, 0.15) is 0 Å². The lowest BCUT2D eigenvalue weighted by atomic mass is 10.2. The van der Waals surface area contributed by atoms with E-state index in [0.29, 0.717) is 5.56 Å². The number of rotatable bonds is 2. The summed E-state index contributed by atoms with van der Waals surface area (Å²) in [5, 5.41) is 0. The molecule has 0 aliphatic carbocycles. The van der Waals surface area contributed by atoms with Gasteiger partial charge >= 0.3 is 12.0 Å². The van der Waals surface area contributed by atoms with Gasteiger partial charge in [-0.25, -0.2) is 9.59 Å². The topological polar surface area (TPSA) is 95.4 Å². The third-order valence-corrected chi connectivity index (χ3v) is 1.35. The minimum absolute atomic E-state index is 0.0577. The fourth-order valence-electron chi connectivity index (χ4n) is 0.856. The summed E-state index contributed by atoms with van der Waals surface area (Å²) in [5.74, 6) is -0.259. The van der Waals surface area contributed by atoms with Gasteiger partial charge in [0.25, 0.3) is 0 Å². The summed E-state index contributed by atoms with van der Waals surface area (Å²) in [6, 6.07) is 8.15. The van der Waals surface area contributed by atoms with Crippen molar-refractivity contribution in [3.05, 3.63) is 35.9 Å². The van der Waals surface area contributed by atoms with Gasteiger partial charge in [-0.05, 0) is 26.0 Å². The van der Waals surface area contributed by atoms with Crippen molar-refractivity contribution < 1.29 is 14.3 Å². The van der Waals surface area contributed by atoms with Gasteiger partial charge in [0.05, 0.1) is 11.7 Å². The third kappa shape index (κ3) is 7.37. The first-order valence-electron chi connectivity index (χ1n) is 4.74. The highest BCUT2D eigenvalue weighted by Gasteiger charge is 2.06. The number of primary amides is 2. The smallest absolute Gasteiger partial charge is 0.338 e. The second-order valence-corrected chi connectivity index (χ2v) is 3.22. The van der Waals surface area contributed by atoms with E-state index >= 15 is 0 Å². The summed E-state index contributed by atoms with van der Waals surface area (Å²) < 4.78 is 5.00. The lowest BCUT2D eigenvalue weighted by Gasteiger charge is -2.06. The molecule has 1 aromatic carbocycles. The molecule has 0 aromatic heterocycles. The molecule has 0 aliphatic rings. The number of hydrogen-bond donors (Lipinski definition) is 2. The zero-order chi connectivity index (χ0) is 12.6. The minimum atomic E-state index is -0.833. The predicted molar refractivity (Wildman–Crippen MR) is 60.8 cm³/mol. The summed E-state index contributed by atoms with van der Waals surface area (Å²) in [7, 11) is 0. The van der Waals surface area contributed by atoms with E-state index in [-0.39, 0.29) is 12.1 Å². The molecule has 2 amide bonds. The van der Waals surface area contributed by atoms with Crippen LogP contribution < -0.4 is 11.5 Å². The van der Waals surface area contributed by atoms with Gasteiger partial charge in [0.15, 0.2) is 0 Å². The van der Waals surface area contributed by atoms with Crippen LogP contribution in [-0.4, -0.2) is 18.1 Å². The van der Waals surface area contributed by atoms with Gasteiger partial charge in [0.2, 0.25) is 0 Å². The number of ether oxygens (including phenoxy) is 1. The van der Waals surface area contributed by atoms with E-state index in [1.165, 1.54) is 0 Å². The van der Waals surface area contributed by atoms with Crippen molar-refractivity contribution >= 4 is 12.0 Å². The van der Waals surface area contributed by atoms with Crippen LogP contribution in [0.25, 0.3) is 0 Å². The largest absolute Gasteiger partial charge is 0.459 e. The number of carbonyl (C=O) groups excluding carboxylic acids is 2. The Morgan fingerprint density at radius 3 is 1.94 bits per heavy atom. The molecule has 0 heterocycles. The van der Waals surface area contributed by atoms with Crippen molar-refractivity contribution in [1.82, 2.24) is 0 Å². The molecule has 0 radical (unpaired) electrons. The Labute approximate surface area is 94.4 Å². The molecule has 0 saturated heterocycles. The Morgan fingerprint density at radius 1 is 1.12 bits per heavy atom. The first-order chi connectivity index (χ1) is 7.43. The maximum Gasteiger partial charge on any atom is 0.338 e. The van der Waals surface area contributed by atoms with Gasteiger partial charge in [-0.3, -0.25) is 0 Å². The van der Waals surface area contributed by atoms with Crippen LogP contribution in [0, 0.1) is 0 Å². The number of esters is 1. The number of urea groups is 1. The Kier molecular flexibility index (Phi) is 6.35. The standard InChI is InChI=1S/C10H12O2.CH4N2O/c1-8(2)12-10(11)9-6-4-3-5-7-9;2-1(3)4/h3-8H,1-2H3;(H4,2,3,4). The van der Waals surface area contributed by atoms with Crippen molar-refractivity contribution in [1.29, 1.82) is 0 Å². The van der Waals surface area contributed by atoms with Crippen LogP contribution in [0.1, 0.15) is 24.2 Å². The average molecular weight is 224 g/mol. The average Bonchev–Trinajstić information content (AvgIpc) is 2.17. The van der Waals surface area contributed by atoms with E-state index in [1.807, 2.05) is 32.0 Å². The van der Waals surface area contributed by atoms with Gasteiger partial charge in [-0.2, -0.15) is 0 Å². The Balaban J connectivity index is 0.000000487. The molecule has 5 nitrogen and oxygen atoms in total. The van der Waals surface area contributed by atoms with E-state index in [0.717, 1.165) is 0 Å².